The summed E-state index contributed by atoms with van der Waals surface area (Å²) in [5.74, 6) is -7.48. The van der Waals surface area contributed by atoms with Crippen molar-refractivity contribution in [1.82, 2.24) is 0 Å². The summed E-state index contributed by atoms with van der Waals surface area (Å²) in [7, 11) is 0. The van der Waals surface area contributed by atoms with E-state index in [-0.39, 0.29) is 38.1 Å². The van der Waals surface area contributed by atoms with Crippen molar-refractivity contribution in [3.8, 4) is 0 Å². The fourth-order valence-electron chi connectivity index (χ4n) is 10.5. The van der Waals surface area contributed by atoms with Gasteiger partial charge in [-0.3, -0.25) is 14.4 Å². The van der Waals surface area contributed by atoms with E-state index in [1.54, 1.807) is 19.9 Å². The second-order valence-corrected chi connectivity index (χ2v) is 15.1. The van der Waals surface area contributed by atoms with Gasteiger partial charge in [-0.25, -0.2) is 4.79 Å². The number of ketones is 2. The molecule has 2 N–H and O–H groups in total. The van der Waals surface area contributed by atoms with E-state index >= 15 is 0 Å². The SMILES string of the molecule is C[C@@]12C[C@H]3OC(=O)[C@@H]1CO[C@]14O[C@]5([C@H]2C1=O)[C@@](O)(CC[C@H]1[C@H]4C[C@@H](O)[C@@]2(Br)CC=CC(=O)[C@]12C)C(=O)O[C@@]35C. The van der Waals surface area contributed by atoms with Crippen LogP contribution in [0.15, 0.2) is 12.2 Å². The number of allylic oxidation sites excluding steroid dienone is 2. The van der Waals surface area contributed by atoms with Gasteiger partial charge in [0.2, 0.25) is 5.79 Å². The number of esters is 2. The Bertz CT molecular complexity index is 1330. The normalized spacial score (nSPS) is 62.0. The molecule has 210 valence electrons. The van der Waals surface area contributed by atoms with Crippen LogP contribution in [-0.2, 0) is 38.1 Å². The Morgan fingerprint density at radius 3 is 2.59 bits per heavy atom. The third kappa shape index (κ3) is 2.18. The van der Waals surface area contributed by atoms with Crippen LogP contribution >= 0.6 is 15.9 Å². The van der Waals surface area contributed by atoms with Crippen molar-refractivity contribution >= 4 is 39.4 Å². The van der Waals surface area contributed by atoms with Crippen molar-refractivity contribution in [1.29, 1.82) is 0 Å². The predicted octanol–water partition coefficient (Wildman–Crippen LogP) is 1.13. The van der Waals surface area contributed by atoms with Gasteiger partial charge in [0.15, 0.2) is 28.4 Å². The molecule has 2 saturated carbocycles. The van der Waals surface area contributed by atoms with Gasteiger partial charge in [0.05, 0.1) is 34.3 Å². The number of alkyl halides is 1. The number of halogens is 1. The molecule has 0 amide bonds. The average molecular weight is 607 g/mol. The van der Waals surface area contributed by atoms with Crippen LogP contribution in [0.3, 0.4) is 0 Å². The first kappa shape index (κ1) is 25.1. The Labute approximate surface area is 232 Å². The maximum Gasteiger partial charge on any atom is 0.342 e. The van der Waals surface area contributed by atoms with E-state index in [9.17, 15) is 29.4 Å². The van der Waals surface area contributed by atoms with Crippen LogP contribution in [0, 0.1) is 34.5 Å². The topological polar surface area (TPSA) is 146 Å². The molecule has 0 aromatic heterocycles. The second-order valence-electron chi connectivity index (χ2n) is 13.7. The molecule has 0 aromatic rings. The Hall–Kier alpha value is -1.66. The first-order valence-corrected chi connectivity index (χ1v) is 14.6. The third-order valence-corrected chi connectivity index (χ3v) is 14.3. The molecule has 2 spiro atoms. The van der Waals surface area contributed by atoms with E-state index in [4.69, 9.17) is 18.9 Å². The monoisotopic (exact) mass is 606 g/mol. The number of aliphatic hydroxyl groups is 2. The molecule has 39 heavy (non-hydrogen) atoms. The molecule has 5 saturated heterocycles. The van der Waals surface area contributed by atoms with Crippen molar-refractivity contribution in [3.05, 3.63) is 12.2 Å². The maximum absolute atomic E-state index is 14.9. The standard InChI is InChI=1S/C28H31BrO10/c1-22-10-17-24(3)28-18(22)19(32)27(39-28,36-11-14(22)20(33)37-17)13-9-16(31)25(29)7-4-5-15(30)23(25,2)12(13)6-8-26(28,35)21(34)38-24/h4-5,12-14,16-18,31,35H,6-11H2,1-3H3/t12-,13+,14-,16+,17+,18-,22+,23-,24-,25-,26+,27+,28-/m0/s1. The molecular formula is C28H31BrO10. The van der Waals surface area contributed by atoms with Crippen LogP contribution in [0.2, 0.25) is 0 Å². The quantitative estimate of drug-likeness (QED) is 0.304. The molecule has 5 aliphatic heterocycles. The Balaban J connectivity index is 1.43. The minimum atomic E-state index is -2.25. The van der Waals surface area contributed by atoms with Crippen LogP contribution in [0.25, 0.3) is 0 Å². The van der Waals surface area contributed by atoms with Gasteiger partial charge in [-0.1, -0.05) is 35.9 Å². The fourth-order valence-corrected chi connectivity index (χ4v) is 11.4. The molecule has 5 heterocycles. The van der Waals surface area contributed by atoms with Crippen molar-refractivity contribution in [3.63, 3.8) is 0 Å². The second kappa shape index (κ2) is 6.69. The van der Waals surface area contributed by atoms with Crippen molar-refractivity contribution < 1.29 is 48.3 Å². The predicted molar refractivity (Wildman–Crippen MR) is 132 cm³/mol. The zero-order valence-electron chi connectivity index (χ0n) is 21.9. The number of hydrogen-bond acceptors (Lipinski definition) is 10. The van der Waals surface area contributed by atoms with E-state index in [0.717, 1.165) is 0 Å². The molecule has 3 aliphatic carbocycles. The van der Waals surface area contributed by atoms with Crippen molar-refractivity contribution in [2.45, 2.75) is 92.0 Å². The van der Waals surface area contributed by atoms with Crippen LogP contribution in [0.5, 0.6) is 0 Å². The summed E-state index contributed by atoms with van der Waals surface area (Å²) in [6.45, 7) is 5.01. The minimum absolute atomic E-state index is 0.0837. The summed E-state index contributed by atoms with van der Waals surface area (Å²) in [6, 6.07) is 0. The zero-order chi connectivity index (χ0) is 27.8. The molecule has 0 unspecified atom stereocenters. The molecule has 8 aliphatic rings. The van der Waals surface area contributed by atoms with E-state index in [0.29, 0.717) is 6.42 Å². The molecule has 8 rings (SSSR count). The highest BCUT2D eigenvalue weighted by Crippen LogP contribution is 2.76. The highest BCUT2D eigenvalue weighted by atomic mass is 79.9. The number of aliphatic hydroxyl groups excluding tert-OH is 1. The van der Waals surface area contributed by atoms with E-state index in [2.05, 4.69) is 15.9 Å². The summed E-state index contributed by atoms with van der Waals surface area (Å²) >= 11 is 3.75. The molecule has 7 fully saturated rings. The molecule has 10 nitrogen and oxygen atoms in total. The summed E-state index contributed by atoms with van der Waals surface area (Å²) in [4.78, 5) is 55.7. The number of Topliss-reactive ketones (excluding diaryl/α,β-unsaturated/α-hetero) is 1. The van der Waals surface area contributed by atoms with Crippen LogP contribution in [0.1, 0.15) is 52.9 Å². The largest absolute Gasteiger partial charge is 0.458 e. The molecule has 0 aromatic carbocycles. The maximum atomic E-state index is 14.9. The lowest BCUT2D eigenvalue weighted by atomic mass is 9.46. The number of carbonyl (C=O) groups excluding carboxylic acids is 4. The van der Waals surface area contributed by atoms with Gasteiger partial charge < -0.3 is 29.2 Å². The lowest BCUT2D eigenvalue weighted by Crippen LogP contribution is -2.79. The van der Waals surface area contributed by atoms with Gasteiger partial charge in [0.1, 0.15) is 6.10 Å². The van der Waals surface area contributed by atoms with Crippen molar-refractivity contribution in [2.75, 3.05) is 6.61 Å². The summed E-state index contributed by atoms with van der Waals surface area (Å²) in [5.41, 5.74) is -8.01. The highest BCUT2D eigenvalue weighted by molar-refractivity contribution is 9.10. The highest BCUT2D eigenvalue weighted by Gasteiger charge is 2.93. The lowest BCUT2D eigenvalue weighted by Gasteiger charge is -2.64. The summed E-state index contributed by atoms with van der Waals surface area (Å²) < 4.78 is 24.1. The molecule has 0 radical (unpaired) electrons. The van der Waals surface area contributed by atoms with Gasteiger partial charge in [-0.2, -0.15) is 0 Å². The van der Waals surface area contributed by atoms with Gasteiger partial charge in [-0.05, 0) is 56.4 Å². The van der Waals surface area contributed by atoms with Crippen LogP contribution < -0.4 is 0 Å². The minimum Gasteiger partial charge on any atom is -0.458 e. The number of hydrogen-bond donors (Lipinski definition) is 2. The smallest absolute Gasteiger partial charge is 0.342 e. The number of carbonyl (C=O) groups is 4. The summed E-state index contributed by atoms with van der Waals surface area (Å²) in [6.07, 6.45) is 2.03. The average Bonchev–Trinajstić information content (AvgIpc) is 3.19. The van der Waals surface area contributed by atoms with Gasteiger partial charge >= 0.3 is 11.9 Å². The number of ether oxygens (including phenoxy) is 4. The first-order chi connectivity index (χ1) is 18.2. The van der Waals surface area contributed by atoms with E-state index in [1.165, 1.54) is 6.08 Å². The van der Waals surface area contributed by atoms with E-state index < -0.39 is 91.3 Å². The molecule has 11 heteroatoms. The Morgan fingerprint density at radius 2 is 1.85 bits per heavy atom. The van der Waals surface area contributed by atoms with Gasteiger partial charge in [-0.15, -0.1) is 0 Å². The third-order valence-electron chi connectivity index (χ3n) is 12.6. The Kier molecular flexibility index (Phi) is 4.31. The summed E-state index contributed by atoms with van der Waals surface area (Å²) in [5, 5.41) is 24.1. The lowest BCUT2D eigenvalue weighted by molar-refractivity contribution is -0.378. The van der Waals surface area contributed by atoms with Gasteiger partial charge in [0, 0.05) is 5.92 Å². The molecule has 13 atom stereocenters. The van der Waals surface area contributed by atoms with Crippen LogP contribution in [0.4, 0.5) is 0 Å². The Morgan fingerprint density at radius 1 is 1.10 bits per heavy atom. The number of rotatable bonds is 0. The van der Waals surface area contributed by atoms with E-state index in [1.807, 2.05) is 6.92 Å². The molecule has 5 bridgehead atoms. The first-order valence-electron chi connectivity index (χ1n) is 13.8. The van der Waals surface area contributed by atoms with Crippen molar-refractivity contribution in [2.24, 2.45) is 34.5 Å². The molecular weight excluding hydrogens is 576 g/mol. The fraction of sp³-hybridized carbons (Fsp3) is 0.786. The van der Waals surface area contributed by atoms with Gasteiger partial charge in [0.25, 0.3) is 0 Å². The zero-order valence-corrected chi connectivity index (χ0v) is 23.5. The van der Waals surface area contributed by atoms with Crippen LogP contribution in [-0.4, -0.2) is 79.4 Å². The number of fused-ring (bicyclic) bond motifs is 5.